The van der Waals surface area contributed by atoms with Crippen molar-refractivity contribution in [2.75, 3.05) is 60.9 Å². The minimum Gasteiger partial charge on any atom is -0.497 e. The Morgan fingerprint density at radius 1 is 1.02 bits per heavy atom. The molecule has 1 aliphatic rings. The number of hydrogen-bond acceptors (Lipinski definition) is 11. The summed E-state index contributed by atoms with van der Waals surface area (Å²) in [7, 11) is 0.648. The first kappa shape index (κ1) is 27.9. The van der Waals surface area contributed by atoms with Crippen LogP contribution in [0, 0.1) is 5.82 Å². The molecule has 0 saturated carbocycles. The van der Waals surface area contributed by atoms with Crippen molar-refractivity contribution in [1.29, 1.82) is 0 Å². The highest BCUT2D eigenvalue weighted by molar-refractivity contribution is 8.24. The van der Waals surface area contributed by atoms with Gasteiger partial charge in [0, 0.05) is 43.1 Å². The van der Waals surface area contributed by atoms with E-state index in [0.29, 0.717) is 54.2 Å². The summed E-state index contributed by atoms with van der Waals surface area (Å²) in [5.74, 6) is 1.67. The van der Waals surface area contributed by atoms with E-state index in [1.165, 1.54) is 17.4 Å². The van der Waals surface area contributed by atoms with E-state index in [4.69, 9.17) is 19.4 Å². The van der Waals surface area contributed by atoms with Crippen molar-refractivity contribution in [3.63, 3.8) is 0 Å². The molecule has 0 amide bonds. The summed E-state index contributed by atoms with van der Waals surface area (Å²) in [4.78, 5) is 16.5. The van der Waals surface area contributed by atoms with E-state index in [2.05, 4.69) is 15.6 Å². The van der Waals surface area contributed by atoms with Crippen molar-refractivity contribution in [3.05, 3.63) is 54.5 Å². The maximum Gasteiger partial charge on any atom is 0.227 e. The predicted octanol–water partition coefficient (Wildman–Crippen LogP) is 6.17. The van der Waals surface area contributed by atoms with Gasteiger partial charge in [-0.2, -0.15) is 10.6 Å². The zero-order valence-corrected chi connectivity index (χ0v) is 24.0. The van der Waals surface area contributed by atoms with Gasteiger partial charge in [0.2, 0.25) is 5.95 Å². The minimum atomic E-state index is -2.56. The number of nitrogens with one attached hydrogen (secondary N) is 2. The molecule has 10 nitrogen and oxygen atoms in total. The SMILES string of the molecule is CCNc1nc(-c2cc(OC)cc(OC)c2)c(-c2ccnc(Nc3ccc(N4CCS(O)(O)CC4)c(F)c3)n2)s1. The Hall–Kier alpha value is -3.65. The van der Waals surface area contributed by atoms with Gasteiger partial charge in [-0.15, -0.1) is 0 Å². The molecule has 4 N–H and O–H groups in total. The fraction of sp³-hybridized carbons (Fsp3) is 0.296. The molecule has 0 atom stereocenters. The Kier molecular flexibility index (Phi) is 8.26. The van der Waals surface area contributed by atoms with E-state index in [1.807, 2.05) is 24.0 Å². The quantitative estimate of drug-likeness (QED) is 0.181. The molecule has 5 rings (SSSR count). The molecule has 1 aliphatic heterocycles. The predicted molar refractivity (Wildman–Crippen MR) is 160 cm³/mol. The van der Waals surface area contributed by atoms with Gasteiger partial charge in [-0.1, -0.05) is 11.3 Å². The molecule has 40 heavy (non-hydrogen) atoms. The molecule has 1 saturated heterocycles. The van der Waals surface area contributed by atoms with E-state index in [1.54, 1.807) is 44.7 Å². The lowest BCUT2D eigenvalue weighted by Gasteiger charge is -2.41. The molecular weight excluding hydrogens is 555 g/mol. The van der Waals surface area contributed by atoms with Crippen LogP contribution in [0.1, 0.15) is 6.92 Å². The molecule has 4 aromatic rings. The monoisotopic (exact) mass is 586 g/mol. The number of ether oxygens (including phenoxy) is 2. The topological polar surface area (TPSA) is 125 Å². The molecule has 0 aliphatic carbocycles. The van der Waals surface area contributed by atoms with Gasteiger partial charge in [-0.05, 0) is 43.3 Å². The Morgan fingerprint density at radius 2 is 1.75 bits per heavy atom. The molecule has 0 spiro atoms. The second-order valence-corrected chi connectivity index (χ2v) is 12.5. The Bertz CT molecular complexity index is 1470. The van der Waals surface area contributed by atoms with Crippen molar-refractivity contribution in [1.82, 2.24) is 15.0 Å². The Morgan fingerprint density at radius 3 is 2.40 bits per heavy atom. The maximum absolute atomic E-state index is 15.0. The summed E-state index contributed by atoms with van der Waals surface area (Å²) in [6.45, 7) is 3.50. The van der Waals surface area contributed by atoms with Gasteiger partial charge in [0.25, 0.3) is 0 Å². The lowest BCUT2D eigenvalue weighted by Crippen LogP contribution is -2.38. The largest absolute Gasteiger partial charge is 0.497 e. The van der Waals surface area contributed by atoms with Crippen LogP contribution in [0.25, 0.3) is 21.8 Å². The summed E-state index contributed by atoms with van der Waals surface area (Å²) >= 11 is 1.47. The third-order valence-electron chi connectivity index (χ3n) is 6.39. The number of aromatic nitrogens is 3. The molecule has 0 bridgehead atoms. The van der Waals surface area contributed by atoms with Gasteiger partial charge in [0.15, 0.2) is 5.13 Å². The van der Waals surface area contributed by atoms with Crippen LogP contribution in [0.3, 0.4) is 0 Å². The van der Waals surface area contributed by atoms with Gasteiger partial charge in [0.1, 0.15) is 17.3 Å². The van der Waals surface area contributed by atoms with Gasteiger partial charge in [0.05, 0.1) is 47.7 Å². The second kappa shape index (κ2) is 11.8. The lowest BCUT2D eigenvalue weighted by atomic mass is 10.1. The van der Waals surface area contributed by atoms with Crippen LogP contribution in [-0.4, -0.2) is 69.4 Å². The van der Waals surface area contributed by atoms with E-state index in [-0.39, 0.29) is 11.5 Å². The van der Waals surface area contributed by atoms with Crippen molar-refractivity contribution >= 4 is 44.4 Å². The van der Waals surface area contributed by atoms with Crippen molar-refractivity contribution in [2.24, 2.45) is 0 Å². The summed E-state index contributed by atoms with van der Waals surface area (Å²) in [6, 6.07) is 12.2. The van der Waals surface area contributed by atoms with E-state index in [9.17, 15) is 9.11 Å². The highest BCUT2D eigenvalue weighted by Crippen LogP contribution is 2.42. The number of nitrogens with zero attached hydrogens (tertiary/aromatic N) is 4. The summed E-state index contributed by atoms with van der Waals surface area (Å²) in [5, 5.41) is 7.12. The van der Waals surface area contributed by atoms with E-state index < -0.39 is 16.4 Å². The highest BCUT2D eigenvalue weighted by atomic mass is 32.3. The third kappa shape index (κ3) is 6.22. The number of halogens is 1. The zero-order chi connectivity index (χ0) is 28.3. The molecule has 3 heterocycles. The smallest absolute Gasteiger partial charge is 0.227 e. The third-order valence-corrected chi connectivity index (χ3v) is 9.10. The number of rotatable bonds is 9. The van der Waals surface area contributed by atoms with Gasteiger partial charge in [-0.3, -0.25) is 9.11 Å². The summed E-state index contributed by atoms with van der Waals surface area (Å²) in [5.41, 5.74) is 3.11. The minimum absolute atomic E-state index is 0.241. The lowest BCUT2D eigenvalue weighted by molar-refractivity contribution is 0.394. The van der Waals surface area contributed by atoms with Gasteiger partial charge < -0.3 is 25.0 Å². The number of hydrogen-bond donors (Lipinski definition) is 4. The average Bonchev–Trinajstić information content (AvgIpc) is 3.37. The van der Waals surface area contributed by atoms with Gasteiger partial charge >= 0.3 is 0 Å². The van der Waals surface area contributed by atoms with Crippen molar-refractivity contribution in [3.8, 4) is 33.3 Å². The molecule has 212 valence electrons. The molecule has 0 unspecified atom stereocenters. The first-order chi connectivity index (χ1) is 19.3. The first-order valence-electron chi connectivity index (χ1n) is 12.6. The van der Waals surface area contributed by atoms with Crippen LogP contribution >= 0.6 is 21.9 Å². The average molecular weight is 587 g/mol. The summed E-state index contributed by atoms with van der Waals surface area (Å²) in [6.07, 6.45) is 1.64. The maximum atomic E-state index is 15.0. The first-order valence-corrected chi connectivity index (χ1v) is 15.4. The molecule has 0 radical (unpaired) electrons. The zero-order valence-electron chi connectivity index (χ0n) is 22.3. The fourth-order valence-corrected chi connectivity index (χ4v) is 6.60. The van der Waals surface area contributed by atoms with Gasteiger partial charge in [-0.25, -0.2) is 19.3 Å². The molecular formula is C27H31FN6O4S2. The molecule has 2 aromatic heterocycles. The number of benzene rings is 2. The molecule has 2 aromatic carbocycles. The Balaban J connectivity index is 1.42. The van der Waals surface area contributed by atoms with Crippen LogP contribution in [0.5, 0.6) is 11.5 Å². The van der Waals surface area contributed by atoms with Crippen LogP contribution in [0.4, 0.5) is 26.8 Å². The summed E-state index contributed by atoms with van der Waals surface area (Å²) < 4.78 is 45.7. The Labute approximate surface area is 237 Å². The normalized spacial score (nSPS) is 15.4. The molecule has 1 fully saturated rings. The molecule has 13 heteroatoms. The van der Waals surface area contributed by atoms with Crippen LogP contribution in [-0.2, 0) is 0 Å². The fourth-order valence-electron chi connectivity index (χ4n) is 4.34. The van der Waals surface area contributed by atoms with E-state index in [0.717, 1.165) is 21.3 Å². The van der Waals surface area contributed by atoms with Crippen LogP contribution < -0.4 is 25.0 Å². The highest BCUT2D eigenvalue weighted by Gasteiger charge is 2.24. The number of anilines is 4. The van der Waals surface area contributed by atoms with Crippen LogP contribution in [0.2, 0.25) is 0 Å². The van der Waals surface area contributed by atoms with Crippen LogP contribution in [0.15, 0.2) is 48.7 Å². The van der Waals surface area contributed by atoms with E-state index >= 15 is 4.39 Å². The van der Waals surface area contributed by atoms with Crippen molar-refractivity contribution < 1.29 is 23.0 Å². The number of thiazole rings is 1. The standard InChI is InChI=1S/C27H31FN6O4S2/c1-4-29-27-33-24(17-13-19(37-2)16-20(14-17)38-3)25(39-27)22-7-8-30-26(32-22)31-18-5-6-23(21(28)15-18)34-9-11-40(35,36)12-10-34/h5-8,13-16,35-36H,4,9-12H2,1-3H3,(H,29,33)(H,30,31,32). The second-order valence-electron chi connectivity index (χ2n) is 9.08. The van der Waals surface area contributed by atoms with Crippen molar-refractivity contribution in [2.45, 2.75) is 6.92 Å². The number of methoxy groups -OCH3 is 2.